The fraction of sp³-hybridized carbons (Fsp3) is 0.500. The Bertz CT molecular complexity index is 889. The lowest BCUT2D eigenvalue weighted by Crippen LogP contribution is -2.50. The number of hydrogen-bond acceptors (Lipinski definition) is 3. The van der Waals surface area contributed by atoms with Crippen LogP contribution in [-0.2, 0) is 4.74 Å². The SMILES string of the molecule is CCCCC[C@@H]1O[C@@H]2c3cc(C(=O)O)ccc3OC(C)(C)[C@H]2C[C@@H]1c1ccccc1. The van der Waals surface area contributed by atoms with Gasteiger partial charge in [-0.15, -0.1) is 0 Å². The molecule has 0 saturated carbocycles. The van der Waals surface area contributed by atoms with E-state index in [1.165, 1.54) is 18.4 Å². The highest BCUT2D eigenvalue weighted by Crippen LogP contribution is 2.54. The zero-order valence-electron chi connectivity index (χ0n) is 18.1. The zero-order chi connectivity index (χ0) is 21.3. The summed E-state index contributed by atoms with van der Waals surface area (Å²) in [6.45, 7) is 6.47. The fourth-order valence-corrected chi connectivity index (χ4v) is 5.14. The predicted molar refractivity (Wildman–Crippen MR) is 117 cm³/mol. The van der Waals surface area contributed by atoms with Gasteiger partial charge < -0.3 is 14.6 Å². The van der Waals surface area contributed by atoms with E-state index in [9.17, 15) is 9.90 Å². The quantitative estimate of drug-likeness (QED) is 0.565. The second kappa shape index (κ2) is 8.43. The van der Waals surface area contributed by atoms with Crippen LogP contribution in [0.4, 0.5) is 0 Å². The van der Waals surface area contributed by atoms with Gasteiger partial charge in [0.15, 0.2) is 0 Å². The van der Waals surface area contributed by atoms with Crippen LogP contribution in [0.25, 0.3) is 0 Å². The first kappa shape index (κ1) is 20.9. The highest BCUT2D eigenvalue weighted by atomic mass is 16.5. The van der Waals surface area contributed by atoms with Crippen LogP contribution in [0.2, 0.25) is 0 Å². The topological polar surface area (TPSA) is 55.8 Å². The summed E-state index contributed by atoms with van der Waals surface area (Å²) >= 11 is 0. The molecule has 1 saturated heterocycles. The molecule has 0 unspecified atom stereocenters. The molecule has 4 nitrogen and oxygen atoms in total. The Hall–Kier alpha value is -2.33. The van der Waals surface area contributed by atoms with Gasteiger partial charge in [0.2, 0.25) is 0 Å². The van der Waals surface area contributed by atoms with Gasteiger partial charge >= 0.3 is 5.97 Å². The molecule has 2 aromatic rings. The summed E-state index contributed by atoms with van der Waals surface area (Å²) in [4.78, 5) is 11.6. The summed E-state index contributed by atoms with van der Waals surface area (Å²) in [5.41, 5.74) is 2.10. The van der Waals surface area contributed by atoms with Gasteiger partial charge in [0.05, 0.1) is 17.8 Å². The summed E-state index contributed by atoms with van der Waals surface area (Å²) in [5, 5.41) is 9.49. The zero-order valence-corrected chi connectivity index (χ0v) is 18.1. The van der Waals surface area contributed by atoms with E-state index >= 15 is 0 Å². The van der Waals surface area contributed by atoms with Gasteiger partial charge in [-0.2, -0.15) is 0 Å². The molecule has 0 bridgehead atoms. The van der Waals surface area contributed by atoms with Crippen LogP contribution < -0.4 is 4.74 Å². The fourth-order valence-electron chi connectivity index (χ4n) is 5.14. The van der Waals surface area contributed by atoms with Crippen molar-refractivity contribution in [2.45, 2.75) is 76.6 Å². The van der Waals surface area contributed by atoms with E-state index in [0.717, 1.165) is 30.6 Å². The Morgan fingerprint density at radius 2 is 1.90 bits per heavy atom. The van der Waals surface area contributed by atoms with E-state index in [1.807, 2.05) is 0 Å². The van der Waals surface area contributed by atoms with Crippen molar-refractivity contribution in [3.8, 4) is 5.75 Å². The maximum absolute atomic E-state index is 11.6. The lowest BCUT2D eigenvalue weighted by molar-refractivity contribution is -0.160. The van der Waals surface area contributed by atoms with Crippen molar-refractivity contribution in [3.63, 3.8) is 0 Å². The summed E-state index contributed by atoms with van der Waals surface area (Å²) in [6, 6.07) is 15.8. The second-order valence-corrected chi connectivity index (χ2v) is 9.21. The number of fused-ring (bicyclic) bond motifs is 3. The summed E-state index contributed by atoms with van der Waals surface area (Å²) in [7, 11) is 0. The number of unbranched alkanes of at least 4 members (excludes halogenated alkanes) is 2. The number of rotatable bonds is 6. The van der Waals surface area contributed by atoms with Crippen LogP contribution in [0.3, 0.4) is 0 Å². The number of carbonyl (C=O) groups is 1. The first-order valence-electron chi connectivity index (χ1n) is 11.2. The summed E-state index contributed by atoms with van der Waals surface area (Å²) < 4.78 is 13.2. The average Bonchev–Trinajstić information content (AvgIpc) is 2.73. The van der Waals surface area contributed by atoms with E-state index in [-0.39, 0.29) is 29.3 Å². The minimum Gasteiger partial charge on any atom is -0.487 e. The van der Waals surface area contributed by atoms with Crippen molar-refractivity contribution in [3.05, 3.63) is 65.2 Å². The van der Waals surface area contributed by atoms with Gasteiger partial charge in [-0.05, 0) is 50.5 Å². The molecule has 1 fully saturated rings. The van der Waals surface area contributed by atoms with Crippen LogP contribution in [0.1, 0.15) is 86.4 Å². The van der Waals surface area contributed by atoms with Crippen molar-refractivity contribution in [2.75, 3.05) is 0 Å². The van der Waals surface area contributed by atoms with Crippen LogP contribution in [0.5, 0.6) is 5.75 Å². The van der Waals surface area contributed by atoms with E-state index in [0.29, 0.717) is 5.92 Å². The molecule has 2 heterocycles. The van der Waals surface area contributed by atoms with Crippen LogP contribution in [0, 0.1) is 5.92 Å². The molecule has 160 valence electrons. The third-order valence-corrected chi connectivity index (χ3v) is 6.79. The summed E-state index contributed by atoms with van der Waals surface area (Å²) in [6.07, 6.45) is 5.49. The third-order valence-electron chi connectivity index (χ3n) is 6.79. The van der Waals surface area contributed by atoms with Crippen molar-refractivity contribution in [2.24, 2.45) is 5.92 Å². The smallest absolute Gasteiger partial charge is 0.335 e. The van der Waals surface area contributed by atoms with Gasteiger partial charge in [0, 0.05) is 17.4 Å². The lowest BCUT2D eigenvalue weighted by Gasteiger charge is -2.51. The lowest BCUT2D eigenvalue weighted by atomic mass is 9.69. The molecular weight excluding hydrogens is 376 g/mol. The number of carboxylic acids is 1. The Kier molecular flexibility index (Phi) is 5.88. The van der Waals surface area contributed by atoms with Gasteiger partial charge in [0.1, 0.15) is 11.4 Å². The maximum atomic E-state index is 11.6. The van der Waals surface area contributed by atoms with Gasteiger partial charge in [-0.1, -0.05) is 56.5 Å². The van der Waals surface area contributed by atoms with Crippen molar-refractivity contribution in [1.82, 2.24) is 0 Å². The van der Waals surface area contributed by atoms with Crippen molar-refractivity contribution < 1.29 is 19.4 Å². The number of hydrogen-bond donors (Lipinski definition) is 1. The summed E-state index contributed by atoms with van der Waals surface area (Å²) in [5.74, 6) is 0.298. The predicted octanol–water partition coefficient (Wildman–Crippen LogP) is 6.37. The molecule has 0 spiro atoms. The normalized spacial score (nSPS) is 26.9. The van der Waals surface area contributed by atoms with Gasteiger partial charge in [-0.3, -0.25) is 0 Å². The highest BCUT2D eigenvalue weighted by Gasteiger charge is 2.50. The molecule has 4 heteroatoms. The Labute approximate surface area is 179 Å². The molecule has 2 aliphatic rings. The Balaban J connectivity index is 1.71. The minimum atomic E-state index is -0.920. The largest absolute Gasteiger partial charge is 0.487 e. The molecule has 0 amide bonds. The molecule has 0 radical (unpaired) electrons. The molecule has 2 aromatic carbocycles. The average molecular weight is 409 g/mol. The van der Waals surface area contributed by atoms with E-state index in [1.54, 1.807) is 18.2 Å². The molecule has 4 atom stereocenters. The first-order chi connectivity index (χ1) is 14.4. The first-order valence-corrected chi connectivity index (χ1v) is 11.2. The Morgan fingerprint density at radius 1 is 1.13 bits per heavy atom. The third kappa shape index (κ3) is 3.98. The number of aromatic carboxylic acids is 1. The Morgan fingerprint density at radius 3 is 2.60 bits per heavy atom. The van der Waals surface area contributed by atoms with Crippen molar-refractivity contribution >= 4 is 5.97 Å². The van der Waals surface area contributed by atoms with Crippen molar-refractivity contribution in [1.29, 1.82) is 0 Å². The van der Waals surface area contributed by atoms with Gasteiger partial charge in [0.25, 0.3) is 0 Å². The molecule has 0 aromatic heterocycles. The molecule has 2 aliphatic heterocycles. The molecule has 1 N–H and O–H groups in total. The second-order valence-electron chi connectivity index (χ2n) is 9.21. The minimum absolute atomic E-state index is 0.121. The van der Waals surface area contributed by atoms with E-state index in [2.05, 4.69) is 51.1 Å². The van der Waals surface area contributed by atoms with Gasteiger partial charge in [-0.25, -0.2) is 4.79 Å². The number of ether oxygens (including phenoxy) is 2. The maximum Gasteiger partial charge on any atom is 0.335 e. The van der Waals surface area contributed by atoms with Crippen LogP contribution in [-0.4, -0.2) is 22.8 Å². The van der Waals surface area contributed by atoms with Crippen LogP contribution in [0.15, 0.2) is 48.5 Å². The number of carboxylic acid groups (broad SMARTS) is 1. The van der Waals surface area contributed by atoms with Crippen LogP contribution >= 0.6 is 0 Å². The molecular formula is C26H32O4. The highest BCUT2D eigenvalue weighted by molar-refractivity contribution is 5.88. The van der Waals surface area contributed by atoms with E-state index in [4.69, 9.17) is 9.47 Å². The standard InChI is InChI=1S/C26H32O4/c1-4-5-7-12-22-19(17-10-8-6-9-11-17)16-21-24(29-22)20-15-18(25(27)28)13-14-23(20)30-26(21,2)3/h6,8-11,13-15,19,21-22,24H,4-5,7,12,16H2,1-3H3,(H,27,28)/t19-,21+,22+,24-/m1/s1. The molecule has 30 heavy (non-hydrogen) atoms. The monoisotopic (exact) mass is 408 g/mol. The molecule has 4 rings (SSSR count). The number of benzene rings is 2. The van der Waals surface area contributed by atoms with E-state index < -0.39 is 5.97 Å². The molecule has 0 aliphatic carbocycles.